The molecule has 0 aliphatic rings. The summed E-state index contributed by atoms with van der Waals surface area (Å²) in [6.45, 7) is 2.66. The minimum absolute atomic E-state index is 0.680. The molecule has 1 N–H and O–H groups in total. The topological polar surface area (TPSA) is 48.7 Å². The minimum atomic E-state index is 0.680. The van der Waals surface area contributed by atoms with E-state index in [0.717, 1.165) is 17.1 Å². The van der Waals surface area contributed by atoms with Crippen molar-refractivity contribution in [2.45, 2.75) is 13.3 Å². The van der Waals surface area contributed by atoms with Gasteiger partial charge in [0.15, 0.2) is 6.19 Å². The maximum absolute atomic E-state index is 8.17. The number of thiazole rings is 1. The van der Waals surface area contributed by atoms with Gasteiger partial charge in [0.1, 0.15) is 0 Å². The molecule has 0 saturated carbocycles. The van der Waals surface area contributed by atoms with Crippen molar-refractivity contribution >= 4 is 11.3 Å². The van der Waals surface area contributed by atoms with Crippen molar-refractivity contribution in [2.75, 3.05) is 6.54 Å². The van der Waals surface area contributed by atoms with Crippen LogP contribution in [0.25, 0.3) is 0 Å². The van der Waals surface area contributed by atoms with Gasteiger partial charge in [-0.25, -0.2) is 4.98 Å². The average molecular weight is 167 g/mol. The molecule has 0 aliphatic heterocycles. The highest BCUT2D eigenvalue weighted by Crippen LogP contribution is 2.07. The summed E-state index contributed by atoms with van der Waals surface area (Å²) in [4.78, 5) is 4.25. The Labute approximate surface area is 69.7 Å². The van der Waals surface area contributed by atoms with Crippen LogP contribution in [0.4, 0.5) is 0 Å². The first-order chi connectivity index (χ1) is 5.33. The minimum Gasteiger partial charge on any atom is -0.323 e. The lowest BCUT2D eigenvalue weighted by Crippen LogP contribution is -2.09. The highest BCUT2D eigenvalue weighted by Gasteiger charge is 1.95. The molecule has 1 aromatic heterocycles. The Morgan fingerprint density at radius 3 is 3.18 bits per heavy atom. The third kappa shape index (κ3) is 2.56. The van der Waals surface area contributed by atoms with Crippen LogP contribution in [-0.2, 0) is 6.42 Å². The third-order valence-corrected chi connectivity index (χ3v) is 2.07. The molecule has 0 fully saturated rings. The fourth-order valence-corrected chi connectivity index (χ4v) is 1.42. The van der Waals surface area contributed by atoms with Gasteiger partial charge in [-0.1, -0.05) is 0 Å². The zero-order chi connectivity index (χ0) is 8.10. The number of hydrogen-bond donors (Lipinski definition) is 1. The first kappa shape index (κ1) is 8.02. The third-order valence-electron chi connectivity index (χ3n) is 1.25. The highest BCUT2D eigenvalue weighted by atomic mass is 32.1. The van der Waals surface area contributed by atoms with E-state index in [4.69, 9.17) is 5.26 Å². The summed E-state index contributed by atoms with van der Waals surface area (Å²) < 4.78 is 0. The second kappa shape index (κ2) is 3.94. The van der Waals surface area contributed by atoms with Crippen molar-refractivity contribution in [3.63, 3.8) is 0 Å². The van der Waals surface area contributed by atoms with Crippen LogP contribution in [-0.4, -0.2) is 11.5 Å². The zero-order valence-electron chi connectivity index (χ0n) is 6.29. The second-order valence-electron chi connectivity index (χ2n) is 2.15. The lowest BCUT2D eigenvalue weighted by molar-refractivity contribution is 0.825. The van der Waals surface area contributed by atoms with Crippen molar-refractivity contribution in [2.24, 2.45) is 0 Å². The van der Waals surface area contributed by atoms with Crippen LogP contribution in [0, 0.1) is 18.4 Å². The van der Waals surface area contributed by atoms with Gasteiger partial charge in [-0.3, -0.25) is 0 Å². The lowest BCUT2D eigenvalue weighted by Gasteiger charge is -1.91. The number of aromatic nitrogens is 1. The first-order valence-corrected chi connectivity index (χ1v) is 4.24. The molecular weight excluding hydrogens is 158 g/mol. The smallest absolute Gasteiger partial charge is 0.176 e. The molecule has 0 saturated heterocycles. The largest absolute Gasteiger partial charge is 0.323 e. The lowest BCUT2D eigenvalue weighted by atomic mass is 10.3. The Morgan fingerprint density at radius 2 is 2.64 bits per heavy atom. The maximum Gasteiger partial charge on any atom is 0.176 e. The van der Waals surface area contributed by atoms with Crippen molar-refractivity contribution in [3.8, 4) is 6.19 Å². The van der Waals surface area contributed by atoms with Gasteiger partial charge in [0.05, 0.1) is 10.7 Å². The average Bonchev–Trinajstić information content (AvgIpc) is 2.37. The molecule has 0 aliphatic carbocycles. The first-order valence-electron chi connectivity index (χ1n) is 3.36. The van der Waals surface area contributed by atoms with E-state index >= 15 is 0 Å². The Hall–Kier alpha value is -1.08. The number of hydrogen-bond acceptors (Lipinski definition) is 4. The van der Waals surface area contributed by atoms with Crippen LogP contribution in [0.1, 0.15) is 10.7 Å². The molecule has 0 spiro atoms. The molecule has 0 atom stereocenters. The Kier molecular flexibility index (Phi) is 2.87. The number of rotatable bonds is 3. The monoisotopic (exact) mass is 167 g/mol. The molecule has 0 unspecified atom stereocenters. The van der Waals surface area contributed by atoms with E-state index in [0.29, 0.717) is 6.54 Å². The molecule has 0 bridgehead atoms. The molecule has 4 heteroatoms. The summed E-state index contributed by atoms with van der Waals surface area (Å²) in [5, 5.41) is 13.8. The van der Waals surface area contributed by atoms with Crippen LogP contribution < -0.4 is 5.32 Å². The molecule has 0 radical (unpaired) electrons. The molecule has 11 heavy (non-hydrogen) atoms. The van der Waals surface area contributed by atoms with Crippen LogP contribution in [0.5, 0.6) is 0 Å². The number of nitrogens with one attached hydrogen (secondary N) is 1. The van der Waals surface area contributed by atoms with Crippen molar-refractivity contribution in [1.82, 2.24) is 10.3 Å². The fourth-order valence-electron chi connectivity index (χ4n) is 0.770. The maximum atomic E-state index is 8.17. The number of nitrogens with zero attached hydrogens (tertiary/aromatic N) is 2. The normalized spacial score (nSPS) is 9.09. The highest BCUT2D eigenvalue weighted by molar-refractivity contribution is 7.09. The Bertz CT molecular complexity index is 261. The number of nitriles is 1. The van der Waals surface area contributed by atoms with Gasteiger partial charge in [-0.15, -0.1) is 11.3 Å². The van der Waals surface area contributed by atoms with Gasteiger partial charge in [-0.05, 0) is 6.92 Å². The van der Waals surface area contributed by atoms with Gasteiger partial charge in [-0.2, -0.15) is 5.26 Å². The molecule has 1 heterocycles. The van der Waals surface area contributed by atoms with Crippen LogP contribution >= 0.6 is 11.3 Å². The number of aryl methyl sites for hydroxylation is 1. The molecule has 1 rings (SSSR count). The van der Waals surface area contributed by atoms with Gasteiger partial charge in [0, 0.05) is 18.3 Å². The van der Waals surface area contributed by atoms with Crippen LogP contribution in [0.2, 0.25) is 0 Å². The predicted octanol–water partition coefficient (Wildman–Crippen LogP) is 1.06. The van der Waals surface area contributed by atoms with E-state index in [1.54, 1.807) is 11.3 Å². The molecule has 3 nitrogen and oxygen atoms in total. The summed E-state index contributed by atoms with van der Waals surface area (Å²) in [7, 11) is 0. The van der Waals surface area contributed by atoms with Crippen LogP contribution in [0.3, 0.4) is 0 Å². The van der Waals surface area contributed by atoms with Crippen LogP contribution in [0.15, 0.2) is 5.38 Å². The van der Waals surface area contributed by atoms with Crippen molar-refractivity contribution in [1.29, 1.82) is 5.26 Å². The molecule has 0 aromatic carbocycles. The molecule has 58 valence electrons. The summed E-state index contributed by atoms with van der Waals surface area (Å²) in [5.41, 5.74) is 1.07. The molecule has 1 aromatic rings. The van der Waals surface area contributed by atoms with E-state index < -0.39 is 0 Å². The molecule has 0 amide bonds. The summed E-state index contributed by atoms with van der Waals surface area (Å²) in [6, 6.07) is 0. The predicted molar refractivity (Wildman–Crippen MR) is 44.2 cm³/mol. The van der Waals surface area contributed by atoms with E-state index in [9.17, 15) is 0 Å². The fraction of sp³-hybridized carbons (Fsp3) is 0.429. The SMILES string of the molecule is Cc1nc(CCNC#N)cs1. The van der Waals surface area contributed by atoms with E-state index in [1.165, 1.54) is 0 Å². The summed E-state index contributed by atoms with van der Waals surface area (Å²) >= 11 is 1.64. The Balaban J connectivity index is 2.34. The van der Waals surface area contributed by atoms with E-state index in [-0.39, 0.29) is 0 Å². The quantitative estimate of drug-likeness (QED) is 0.416. The molecular formula is C7H9N3S. The van der Waals surface area contributed by atoms with E-state index in [1.807, 2.05) is 18.5 Å². The van der Waals surface area contributed by atoms with Gasteiger partial charge in [0.25, 0.3) is 0 Å². The van der Waals surface area contributed by atoms with E-state index in [2.05, 4.69) is 10.3 Å². The zero-order valence-corrected chi connectivity index (χ0v) is 7.11. The van der Waals surface area contributed by atoms with Crippen molar-refractivity contribution < 1.29 is 0 Å². The standard InChI is InChI=1S/C7H9N3S/c1-6-10-7(4-11-6)2-3-9-5-8/h4,9H,2-3H2,1H3. The van der Waals surface area contributed by atoms with Gasteiger partial charge in [0.2, 0.25) is 0 Å². The Morgan fingerprint density at radius 1 is 1.82 bits per heavy atom. The van der Waals surface area contributed by atoms with Gasteiger partial charge < -0.3 is 5.32 Å². The summed E-state index contributed by atoms with van der Waals surface area (Å²) in [6.07, 6.45) is 2.70. The van der Waals surface area contributed by atoms with Gasteiger partial charge >= 0.3 is 0 Å². The summed E-state index contributed by atoms with van der Waals surface area (Å²) in [5.74, 6) is 0. The second-order valence-corrected chi connectivity index (χ2v) is 3.21. The van der Waals surface area contributed by atoms with Crippen molar-refractivity contribution in [3.05, 3.63) is 16.1 Å².